The van der Waals surface area contributed by atoms with E-state index in [4.69, 9.17) is 27.9 Å². The summed E-state index contributed by atoms with van der Waals surface area (Å²) in [5.74, 6) is -2.64. The van der Waals surface area contributed by atoms with Gasteiger partial charge in [0.25, 0.3) is 11.1 Å². The monoisotopic (exact) mass is 493 g/mol. The largest absolute Gasteiger partial charge is 0.546 e. The van der Waals surface area contributed by atoms with Crippen LogP contribution in [0.1, 0.15) is 11.1 Å². The maximum Gasteiger partial charge on any atom is 0.294 e. The molecule has 11 heteroatoms. The molecule has 0 unspecified atom stereocenters. The maximum absolute atomic E-state index is 12.6. The highest BCUT2D eigenvalue weighted by atomic mass is 35.5. The van der Waals surface area contributed by atoms with Crippen molar-refractivity contribution in [3.63, 3.8) is 0 Å². The van der Waals surface area contributed by atoms with Gasteiger partial charge in [0.05, 0.1) is 20.9 Å². The number of nitrogens with zero attached hydrogens (tertiary/aromatic N) is 1. The summed E-state index contributed by atoms with van der Waals surface area (Å²) in [6, 6.07) is 9.88. The normalized spacial score (nSPS) is 14.7. The molecule has 2 aromatic rings. The predicted octanol–water partition coefficient (Wildman–Crippen LogP) is 3.11. The standard InChI is InChI=1S/C21H16Cl2N2O6S/c1-11-2-4-13(5-3-11)24-17(26)9-25-20(29)16(32-21(25)30)8-12-6-14(22)19(15(23)7-12)31-10-18(27)28/h2-8H,9-10H2,1H3,(H,24,26)(H,27,28)/p-1/b16-8+. The van der Waals surface area contributed by atoms with Crippen molar-refractivity contribution in [2.75, 3.05) is 18.5 Å². The molecule has 2 aromatic carbocycles. The van der Waals surface area contributed by atoms with Crippen molar-refractivity contribution < 1.29 is 29.0 Å². The number of rotatable bonds is 7. The van der Waals surface area contributed by atoms with Gasteiger partial charge in [-0.1, -0.05) is 40.9 Å². The van der Waals surface area contributed by atoms with Crippen LogP contribution in [0.15, 0.2) is 41.3 Å². The summed E-state index contributed by atoms with van der Waals surface area (Å²) in [7, 11) is 0. The van der Waals surface area contributed by atoms with Crippen molar-refractivity contribution in [1.82, 2.24) is 4.90 Å². The van der Waals surface area contributed by atoms with E-state index in [1.807, 2.05) is 19.1 Å². The number of halogens is 2. The summed E-state index contributed by atoms with van der Waals surface area (Å²) in [5.41, 5.74) is 1.96. The Balaban J connectivity index is 1.71. The Kier molecular flexibility index (Phi) is 7.44. The number of aryl methyl sites for hydroxylation is 1. The van der Waals surface area contributed by atoms with Gasteiger partial charge >= 0.3 is 0 Å². The molecule has 1 saturated heterocycles. The number of hydrogen-bond donors (Lipinski definition) is 1. The van der Waals surface area contributed by atoms with Crippen molar-refractivity contribution in [2.45, 2.75) is 6.92 Å². The number of carbonyl (C=O) groups is 4. The number of benzene rings is 2. The van der Waals surface area contributed by atoms with Gasteiger partial charge in [-0.2, -0.15) is 0 Å². The Bertz CT molecular complexity index is 1110. The van der Waals surface area contributed by atoms with Crippen LogP contribution in [0.3, 0.4) is 0 Å². The van der Waals surface area contributed by atoms with Gasteiger partial charge < -0.3 is 20.0 Å². The zero-order chi connectivity index (χ0) is 23.4. The van der Waals surface area contributed by atoms with Gasteiger partial charge in [0, 0.05) is 5.69 Å². The highest BCUT2D eigenvalue weighted by Crippen LogP contribution is 2.37. The molecular formula is C21H15Cl2N2O6S-. The lowest BCUT2D eigenvalue weighted by atomic mass is 10.2. The molecule has 8 nitrogen and oxygen atoms in total. The van der Waals surface area contributed by atoms with Crippen LogP contribution in [0.2, 0.25) is 10.0 Å². The van der Waals surface area contributed by atoms with E-state index in [9.17, 15) is 24.3 Å². The summed E-state index contributed by atoms with van der Waals surface area (Å²) >= 11 is 12.8. The van der Waals surface area contributed by atoms with Gasteiger partial charge in [0.1, 0.15) is 13.2 Å². The average molecular weight is 494 g/mol. The number of thioether (sulfide) groups is 1. The molecule has 0 radical (unpaired) electrons. The van der Waals surface area contributed by atoms with Crippen molar-refractivity contribution in [3.05, 3.63) is 62.5 Å². The molecule has 0 saturated carbocycles. The molecule has 0 bridgehead atoms. The topological polar surface area (TPSA) is 116 Å². The Morgan fingerprint density at radius 2 is 1.78 bits per heavy atom. The molecule has 3 rings (SSSR count). The molecule has 166 valence electrons. The number of imide groups is 1. The zero-order valence-corrected chi connectivity index (χ0v) is 18.8. The third-order valence-corrected chi connectivity index (χ3v) is 5.63. The van der Waals surface area contributed by atoms with E-state index in [1.54, 1.807) is 12.1 Å². The second-order valence-corrected chi connectivity index (χ2v) is 8.46. The van der Waals surface area contributed by atoms with E-state index in [1.165, 1.54) is 18.2 Å². The molecule has 32 heavy (non-hydrogen) atoms. The number of hydrogen-bond acceptors (Lipinski definition) is 7. The fraction of sp³-hybridized carbons (Fsp3) is 0.143. The van der Waals surface area contributed by atoms with Crippen molar-refractivity contribution in [3.8, 4) is 5.75 Å². The third kappa shape index (κ3) is 5.82. The first-order valence-corrected chi connectivity index (χ1v) is 10.6. The number of nitrogens with one attached hydrogen (secondary N) is 1. The van der Waals surface area contributed by atoms with Crippen LogP contribution in [0.4, 0.5) is 10.5 Å². The van der Waals surface area contributed by atoms with Gasteiger partial charge in [-0.3, -0.25) is 19.3 Å². The van der Waals surface area contributed by atoms with Gasteiger partial charge in [0.15, 0.2) is 5.75 Å². The molecule has 0 atom stereocenters. The van der Waals surface area contributed by atoms with E-state index < -0.39 is 36.2 Å². The van der Waals surface area contributed by atoms with Gasteiger partial charge in [-0.05, 0) is 54.6 Å². The SMILES string of the molecule is Cc1ccc(NC(=O)CN2C(=O)S/C(=C/c3cc(Cl)c(OCC(=O)[O-])c(Cl)c3)C2=O)cc1. The molecule has 1 fully saturated rings. The number of amides is 3. The molecule has 0 spiro atoms. The van der Waals surface area contributed by atoms with E-state index >= 15 is 0 Å². The fourth-order valence-electron chi connectivity index (χ4n) is 2.70. The highest BCUT2D eigenvalue weighted by Gasteiger charge is 2.36. The first-order chi connectivity index (χ1) is 15.1. The van der Waals surface area contributed by atoms with Crippen LogP contribution < -0.4 is 15.2 Å². The predicted molar refractivity (Wildman–Crippen MR) is 119 cm³/mol. The summed E-state index contributed by atoms with van der Waals surface area (Å²) < 4.78 is 4.98. The minimum atomic E-state index is -1.44. The minimum absolute atomic E-state index is 0.0155. The van der Waals surface area contributed by atoms with E-state index in [-0.39, 0.29) is 20.7 Å². The van der Waals surface area contributed by atoms with Gasteiger partial charge in [-0.15, -0.1) is 0 Å². The molecule has 0 aromatic heterocycles. The lowest BCUT2D eigenvalue weighted by Crippen LogP contribution is -2.36. The van der Waals surface area contributed by atoms with Crippen molar-refractivity contribution >= 4 is 69.8 Å². The van der Waals surface area contributed by atoms with Crippen LogP contribution in [0, 0.1) is 6.92 Å². The molecule has 1 aliphatic rings. The molecule has 3 amide bonds. The first kappa shape index (κ1) is 23.6. The Morgan fingerprint density at radius 3 is 2.38 bits per heavy atom. The second-order valence-electron chi connectivity index (χ2n) is 6.66. The Hall–Kier alpha value is -3.01. The van der Waals surface area contributed by atoms with E-state index in [0.29, 0.717) is 23.0 Å². The Labute approximate surface area is 197 Å². The minimum Gasteiger partial charge on any atom is -0.546 e. The smallest absolute Gasteiger partial charge is 0.294 e. The molecular weight excluding hydrogens is 479 g/mol. The summed E-state index contributed by atoms with van der Waals surface area (Å²) in [6.45, 7) is 0.739. The molecule has 1 N–H and O–H groups in total. The first-order valence-electron chi connectivity index (χ1n) is 9.07. The summed E-state index contributed by atoms with van der Waals surface area (Å²) in [5, 5.41) is 12.6. The summed E-state index contributed by atoms with van der Waals surface area (Å²) in [6.07, 6.45) is 1.39. The number of aliphatic carboxylic acids is 1. The average Bonchev–Trinajstić information content (AvgIpc) is 2.96. The van der Waals surface area contributed by atoms with E-state index in [2.05, 4.69) is 5.32 Å². The van der Waals surface area contributed by atoms with Crippen LogP contribution in [-0.2, 0) is 14.4 Å². The molecule has 1 aliphatic heterocycles. The molecule has 1 heterocycles. The van der Waals surface area contributed by atoms with Gasteiger partial charge in [-0.25, -0.2) is 0 Å². The van der Waals surface area contributed by atoms with Crippen LogP contribution in [-0.4, -0.2) is 41.1 Å². The third-order valence-electron chi connectivity index (χ3n) is 4.16. The van der Waals surface area contributed by atoms with Crippen molar-refractivity contribution in [1.29, 1.82) is 0 Å². The fourth-order valence-corrected chi connectivity index (χ4v) is 4.15. The number of carboxylic acid groups (broad SMARTS) is 1. The number of carbonyl (C=O) groups excluding carboxylic acids is 4. The Morgan fingerprint density at radius 1 is 1.16 bits per heavy atom. The second kappa shape index (κ2) is 10.1. The number of carboxylic acids is 1. The maximum atomic E-state index is 12.6. The van der Waals surface area contributed by atoms with Gasteiger partial charge in [0.2, 0.25) is 5.91 Å². The van der Waals surface area contributed by atoms with Crippen LogP contribution >= 0.6 is 35.0 Å². The lowest BCUT2D eigenvalue weighted by Gasteiger charge is -2.12. The highest BCUT2D eigenvalue weighted by molar-refractivity contribution is 8.18. The van der Waals surface area contributed by atoms with Crippen LogP contribution in [0.5, 0.6) is 5.75 Å². The lowest BCUT2D eigenvalue weighted by molar-refractivity contribution is -0.307. The number of anilines is 1. The van der Waals surface area contributed by atoms with E-state index in [0.717, 1.165) is 10.5 Å². The molecule has 0 aliphatic carbocycles. The zero-order valence-electron chi connectivity index (χ0n) is 16.5. The summed E-state index contributed by atoms with van der Waals surface area (Å²) in [4.78, 5) is 48.6. The quantitative estimate of drug-likeness (QED) is 0.588. The van der Waals surface area contributed by atoms with Crippen LogP contribution in [0.25, 0.3) is 6.08 Å². The number of ether oxygens (including phenoxy) is 1. The van der Waals surface area contributed by atoms with Crippen molar-refractivity contribution in [2.24, 2.45) is 0 Å².